The van der Waals surface area contributed by atoms with Crippen LogP contribution in [0.3, 0.4) is 0 Å². The Hall–Kier alpha value is -1.87. The molecule has 0 amide bonds. The number of rotatable bonds is 3. The van der Waals surface area contributed by atoms with Crippen molar-refractivity contribution in [3.63, 3.8) is 0 Å². The number of anilines is 1. The van der Waals surface area contributed by atoms with Gasteiger partial charge in [-0.2, -0.15) is 0 Å². The Morgan fingerprint density at radius 3 is 2.27 bits per heavy atom. The molecule has 0 heterocycles. The average molecular weight is 312 g/mol. The van der Waals surface area contributed by atoms with E-state index in [0.29, 0.717) is 5.11 Å². The molecule has 0 aromatic heterocycles. The van der Waals surface area contributed by atoms with E-state index in [1.54, 1.807) is 0 Å². The van der Waals surface area contributed by atoms with Gasteiger partial charge in [0.05, 0.1) is 6.04 Å². The van der Waals surface area contributed by atoms with Crippen LogP contribution in [0.25, 0.3) is 0 Å². The van der Waals surface area contributed by atoms with Gasteiger partial charge in [-0.1, -0.05) is 35.9 Å². The first-order valence-corrected chi connectivity index (χ1v) is 7.99. The van der Waals surface area contributed by atoms with Crippen LogP contribution in [0.1, 0.15) is 40.8 Å². The van der Waals surface area contributed by atoms with E-state index in [1.807, 2.05) is 0 Å². The molecule has 22 heavy (non-hydrogen) atoms. The molecule has 0 aliphatic rings. The van der Waals surface area contributed by atoms with E-state index in [4.69, 9.17) is 12.2 Å². The molecule has 2 aromatic carbocycles. The molecule has 0 saturated carbocycles. The van der Waals surface area contributed by atoms with Gasteiger partial charge in [0, 0.05) is 5.69 Å². The largest absolute Gasteiger partial charge is 0.356 e. The van der Waals surface area contributed by atoms with Crippen molar-refractivity contribution in [3.05, 3.63) is 64.2 Å². The number of hydrogen-bond acceptors (Lipinski definition) is 1. The molecular formula is C19H24N2S. The number of aryl methyl sites for hydroxylation is 4. The van der Waals surface area contributed by atoms with E-state index < -0.39 is 0 Å². The highest BCUT2D eigenvalue weighted by Gasteiger charge is 2.09. The van der Waals surface area contributed by atoms with E-state index in [2.05, 4.69) is 81.7 Å². The lowest BCUT2D eigenvalue weighted by atomic mass is 10.0. The normalized spacial score (nSPS) is 11.9. The molecule has 0 aliphatic carbocycles. The molecule has 0 fully saturated rings. The van der Waals surface area contributed by atoms with Crippen molar-refractivity contribution in [1.29, 1.82) is 0 Å². The summed E-state index contributed by atoms with van der Waals surface area (Å²) >= 11 is 5.44. The summed E-state index contributed by atoms with van der Waals surface area (Å²) in [6.45, 7) is 10.6. The number of benzene rings is 2. The summed E-state index contributed by atoms with van der Waals surface area (Å²) in [6, 6.07) is 13.0. The van der Waals surface area contributed by atoms with E-state index in [9.17, 15) is 0 Å². The summed E-state index contributed by atoms with van der Waals surface area (Å²) in [5.41, 5.74) is 7.36. The maximum absolute atomic E-state index is 5.44. The van der Waals surface area contributed by atoms with Crippen molar-refractivity contribution in [2.24, 2.45) is 0 Å². The third kappa shape index (κ3) is 4.08. The van der Waals surface area contributed by atoms with Gasteiger partial charge in [0.1, 0.15) is 0 Å². The van der Waals surface area contributed by atoms with Crippen LogP contribution in [-0.2, 0) is 0 Å². The third-order valence-electron chi connectivity index (χ3n) is 4.01. The zero-order valence-electron chi connectivity index (χ0n) is 13.9. The summed E-state index contributed by atoms with van der Waals surface area (Å²) in [4.78, 5) is 0. The van der Waals surface area contributed by atoms with Crippen LogP contribution in [0, 0.1) is 27.7 Å². The van der Waals surface area contributed by atoms with Crippen molar-refractivity contribution >= 4 is 23.0 Å². The number of nitrogens with one attached hydrogen (secondary N) is 2. The Labute approximate surface area is 139 Å². The fourth-order valence-electron chi connectivity index (χ4n) is 2.43. The molecule has 116 valence electrons. The predicted molar refractivity (Wildman–Crippen MR) is 99.6 cm³/mol. The summed E-state index contributed by atoms with van der Waals surface area (Å²) in [5, 5.41) is 7.29. The lowest BCUT2D eigenvalue weighted by molar-refractivity contribution is 0.721. The second kappa shape index (κ2) is 6.93. The van der Waals surface area contributed by atoms with E-state index in [1.165, 1.54) is 27.8 Å². The quantitative estimate of drug-likeness (QED) is 0.783. The molecule has 1 atom stereocenters. The van der Waals surface area contributed by atoms with Crippen LogP contribution in [0.5, 0.6) is 0 Å². The molecule has 0 radical (unpaired) electrons. The first-order valence-electron chi connectivity index (χ1n) is 7.58. The average Bonchev–Trinajstić information content (AvgIpc) is 2.45. The number of hydrogen-bond donors (Lipinski definition) is 2. The summed E-state index contributed by atoms with van der Waals surface area (Å²) in [7, 11) is 0. The zero-order valence-corrected chi connectivity index (χ0v) is 14.8. The zero-order chi connectivity index (χ0) is 16.3. The minimum Gasteiger partial charge on any atom is -0.356 e. The highest BCUT2D eigenvalue weighted by atomic mass is 32.1. The van der Waals surface area contributed by atoms with Crippen LogP contribution in [0.4, 0.5) is 5.69 Å². The molecule has 0 spiro atoms. The molecular weight excluding hydrogens is 288 g/mol. The second-order valence-corrected chi connectivity index (χ2v) is 6.39. The minimum atomic E-state index is 0.171. The van der Waals surface area contributed by atoms with E-state index >= 15 is 0 Å². The van der Waals surface area contributed by atoms with Gasteiger partial charge in [-0.3, -0.25) is 0 Å². The SMILES string of the molecule is Cc1ccc(NC(=S)N[C@@H](C)c2ccc(C)c(C)c2)c(C)c1. The topological polar surface area (TPSA) is 24.1 Å². The van der Waals surface area contributed by atoms with Crippen molar-refractivity contribution in [3.8, 4) is 0 Å². The van der Waals surface area contributed by atoms with Gasteiger partial charge in [-0.15, -0.1) is 0 Å². The molecule has 2 rings (SSSR count). The van der Waals surface area contributed by atoms with Crippen LogP contribution in [0.15, 0.2) is 36.4 Å². The van der Waals surface area contributed by atoms with Crippen molar-refractivity contribution < 1.29 is 0 Å². The Bertz CT molecular complexity index is 692. The monoisotopic (exact) mass is 312 g/mol. The molecule has 2 N–H and O–H groups in total. The lowest BCUT2D eigenvalue weighted by Gasteiger charge is -2.19. The van der Waals surface area contributed by atoms with Gasteiger partial charge in [0.25, 0.3) is 0 Å². The molecule has 0 saturated heterocycles. The fourth-order valence-corrected chi connectivity index (χ4v) is 2.71. The first-order chi connectivity index (χ1) is 10.4. The van der Waals surface area contributed by atoms with Gasteiger partial charge in [0.2, 0.25) is 0 Å². The third-order valence-corrected chi connectivity index (χ3v) is 4.23. The maximum atomic E-state index is 5.44. The van der Waals surface area contributed by atoms with Crippen LogP contribution in [0.2, 0.25) is 0 Å². The summed E-state index contributed by atoms with van der Waals surface area (Å²) in [6.07, 6.45) is 0. The lowest BCUT2D eigenvalue weighted by Crippen LogP contribution is -2.31. The number of thiocarbonyl (C=S) groups is 1. The van der Waals surface area contributed by atoms with Gasteiger partial charge in [-0.05, 0) is 75.2 Å². The van der Waals surface area contributed by atoms with Crippen LogP contribution in [-0.4, -0.2) is 5.11 Å². The highest BCUT2D eigenvalue weighted by molar-refractivity contribution is 7.80. The Kier molecular flexibility index (Phi) is 5.19. The van der Waals surface area contributed by atoms with Gasteiger partial charge in [0.15, 0.2) is 5.11 Å². The predicted octanol–water partition coefficient (Wildman–Crippen LogP) is 4.97. The Morgan fingerprint density at radius 1 is 0.909 bits per heavy atom. The molecule has 0 unspecified atom stereocenters. The maximum Gasteiger partial charge on any atom is 0.171 e. The summed E-state index contributed by atoms with van der Waals surface area (Å²) in [5.74, 6) is 0. The van der Waals surface area contributed by atoms with E-state index in [-0.39, 0.29) is 6.04 Å². The molecule has 0 bridgehead atoms. The van der Waals surface area contributed by atoms with Gasteiger partial charge >= 0.3 is 0 Å². The van der Waals surface area contributed by atoms with Crippen molar-refractivity contribution in [2.75, 3.05) is 5.32 Å². The van der Waals surface area contributed by atoms with Gasteiger partial charge in [-0.25, -0.2) is 0 Å². The fraction of sp³-hybridized carbons (Fsp3) is 0.316. The Morgan fingerprint density at radius 2 is 1.64 bits per heavy atom. The minimum absolute atomic E-state index is 0.171. The van der Waals surface area contributed by atoms with Crippen LogP contribution >= 0.6 is 12.2 Å². The highest BCUT2D eigenvalue weighted by Crippen LogP contribution is 2.18. The van der Waals surface area contributed by atoms with Crippen LogP contribution < -0.4 is 10.6 Å². The Balaban J connectivity index is 2.03. The van der Waals surface area contributed by atoms with Crippen molar-refractivity contribution in [1.82, 2.24) is 5.32 Å². The molecule has 2 nitrogen and oxygen atoms in total. The molecule has 0 aliphatic heterocycles. The second-order valence-electron chi connectivity index (χ2n) is 5.98. The van der Waals surface area contributed by atoms with Gasteiger partial charge < -0.3 is 10.6 Å². The first kappa shape index (κ1) is 16.5. The molecule has 2 aromatic rings. The molecule has 3 heteroatoms. The smallest absolute Gasteiger partial charge is 0.171 e. The summed E-state index contributed by atoms with van der Waals surface area (Å²) < 4.78 is 0. The van der Waals surface area contributed by atoms with E-state index in [0.717, 1.165) is 5.69 Å². The standard InChI is InChI=1S/C19H24N2S/c1-12-6-9-18(15(4)10-12)21-19(22)20-16(5)17-8-7-13(2)14(3)11-17/h6-11,16H,1-5H3,(H2,20,21,22)/t16-/m0/s1. The van der Waals surface area contributed by atoms with Crippen molar-refractivity contribution in [2.45, 2.75) is 40.7 Å².